The highest BCUT2D eigenvalue weighted by Gasteiger charge is 2.13. The van der Waals surface area contributed by atoms with Gasteiger partial charge >= 0.3 is 0 Å². The van der Waals surface area contributed by atoms with E-state index in [2.05, 4.69) is 39.8 Å². The van der Waals surface area contributed by atoms with Gasteiger partial charge in [-0.1, -0.05) is 44.5 Å². The molecule has 0 amide bonds. The quantitative estimate of drug-likeness (QED) is 0.677. The zero-order valence-corrected chi connectivity index (χ0v) is 10.3. The smallest absolute Gasteiger partial charge is 0.0475 e. The fourth-order valence-electron chi connectivity index (χ4n) is 1.82. The molecule has 0 N–H and O–H groups in total. The van der Waals surface area contributed by atoms with Crippen LogP contribution in [0.15, 0.2) is 12.1 Å². The third-order valence-electron chi connectivity index (χ3n) is 2.96. The highest BCUT2D eigenvalue weighted by Crippen LogP contribution is 2.32. The van der Waals surface area contributed by atoms with Gasteiger partial charge in [-0.2, -0.15) is 0 Å². The first-order chi connectivity index (χ1) is 6.61. The van der Waals surface area contributed by atoms with E-state index < -0.39 is 0 Å². The molecule has 78 valence electrons. The van der Waals surface area contributed by atoms with Crippen LogP contribution in [0.1, 0.15) is 49.8 Å². The molecule has 1 heteroatoms. The van der Waals surface area contributed by atoms with Gasteiger partial charge in [0.1, 0.15) is 0 Å². The Kier molecular flexibility index (Phi) is 4.00. The lowest BCUT2D eigenvalue weighted by atomic mass is 9.92. The van der Waals surface area contributed by atoms with Gasteiger partial charge in [-0.3, -0.25) is 0 Å². The van der Waals surface area contributed by atoms with Crippen molar-refractivity contribution >= 4 is 11.6 Å². The summed E-state index contributed by atoms with van der Waals surface area (Å²) in [6, 6.07) is 4.33. The van der Waals surface area contributed by atoms with Gasteiger partial charge in [0, 0.05) is 5.02 Å². The molecule has 0 bridgehead atoms. The monoisotopic (exact) mass is 210 g/mol. The van der Waals surface area contributed by atoms with Crippen molar-refractivity contribution < 1.29 is 0 Å². The van der Waals surface area contributed by atoms with E-state index in [1.54, 1.807) is 0 Å². The summed E-state index contributed by atoms with van der Waals surface area (Å²) in [5, 5.41) is 0.988. The second-order valence-corrected chi connectivity index (χ2v) is 4.31. The molecule has 0 heterocycles. The van der Waals surface area contributed by atoms with Crippen molar-refractivity contribution in [2.24, 2.45) is 0 Å². The first-order valence-electron chi connectivity index (χ1n) is 5.39. The molecule has 1 aromatic carbocycles. The van der Waals surface area contributed by atoms with Gasteiger partial charge in [0.15, 0.2) is 0 Å². The predicted octanol–water partition coefficient (Wildman–Crippen LogP) is 4.72. The Balaban J connectivity index is 3.25. The molecular formula is C13H19Cl. The molecule has 0 spiro atoms. The Bertz CT molecular complexity index is 315. The van der Waals surface area contributed by atoms with E-state index in [9.17, 15) is 0 Å². The minimum absolute atomic E-state index is 0.564. The molecule has 14 heavy (non-hydrogen) atoms. The van der Waals surface area contributed by atoms with Crippen molar-refractivity contribution in [3.8, 4) is 0 Å². The Hall–Kier alpha value is -0.490. The maximum atomic E-state index is 6.39. The molecule has 1 aromatic rings. The topological polar surface area (TPSA) is 0 Å². The lowest BCUT2D eigenvalue weighted by Crippen LogP contribution is -1.99. The summed E-state index contributed by atoms with van der Waals surface area (Å²) in [5.41, 5.74) is 3.93. The van der Waals surface area contributed by atoms with Crippen LogP contribution >= 0.6 is 11.6 Å². The van der Waals surface area contributed by atoms with Crippen molar-refractivity contribution in [1.29, 1.82) is 0 Å². The van der Waals surface area contributed by atoms with Crippen LogP contribution in [0.25, 0.3) is 0 Å². The number of aryl methyl sites for hydroxylation is 2. The summed E-state index contributed by atoms with van der Waals surface area (Å²) in [5.74, 6) is 0.564. The van der Waals surface area contributed by atoms with Crippen LogP contribution < -0.4 is 0 Å². The van der Waals surface area contributed by atoms with Gasteiger partial charge in [0.05, 0.1) is 0 Å². The summed E-state index contributed by atoms with van der Waals surface area (Å²) in [7, 11) is 0. The van der Waals surface area contributed by atoms with Crippen molar-refractivity contribution in [2.75, 3.05) is 0 Å². The summed E-state index contributed by atoms with van der Waals surface area (Å²) >= 11 is 6.39. The van der Waals surface area contributed by atoms with Crippen LogP contribution in [0.2, 0.25) is 5.02 Å². The fraction of sp³-hybridized carbons (Fsp3) is 0.538. The largest absolute Gasteiger partial charge is 0.0837 e. The average Bonchev–Trinajstić information content (AvgIpc) is 2.18. The van der Waals surface area contributed by atoms with Crippen molar-refractivity contribution in [1.82, 2.24) is 0 Å². The summed E-state index contributed by atoms with van der Waals surface area (Å²) in [4.78, 5) is 0. The average molecular weight is 211 g/mol. The standard InChI is InChI=1S/C13H19Cl/c1-5-9(3)12-10(4)7-8-11(6-2)13(12)14/h7-9H,5-6H2,1-4H3. The highest BCUT2D eigenvalue weighted by molar-refractivity contribution is 6.32. The Morgan fingerprint density at radius 3 is 2.43 bits per heavy atom. The van der Waals surface area contributed by atoms with Crippen LogP contribution in [-0.2, 0) is 6.42 Å². The predicted molar refractivity (Wildman–Crippen MR) is 64.3 cm³/mol. The van der Waals surface area contributed by atoms with Gasteiger partial charge in [0.2, 0.25) is 0 Å². The normalized spacial score (nSPS) is 12.9. The highest BCUT2D eigenvalue weighted by atomic mass is 35.5. The van der Waals surface area contributed by atoms with Crippen LogP contribution in [-0.4, -0.2) is 0 Å². The van der Waals surface area contributed by atoms with E-state index in [1.807, 2.05) is 0 Å². The van der Waals surface area contributed by atoms with Crippen molar-refractivity contribution in [2.45, 2.75) is 46.5 Å². The molecule has 0 aromatic heterocycles. The Morgan fingerprint density at radius 2 is 1.93 bits per heavy atom. The van der Waals surface area contributed by atoms with Gasteiger partial charge in [0.25, 0.3) is 0 Å². The number of rotatable bonds is 3. The van der Waals surface area contributed by atoms with Gasteiger partial charge in [-0.05, 0) is 42.4 Å². The van der Waals surface area contributed by atoms with Crippen LogP contribution in [0.4, 0.5) is 0 Å². The molecule has 1 atom stereocenters. The summed E-state index contributed by atoms with van der Waals surface area (Å²) in [6.45, 7) is 8.75. The molecule has 0 saturated heterocycles. The second-order valence-electron chi connectivity index (χ2n) is 3.93. The maximum Gasteiger partial charge on any atom is 0.0475 e. The van der Waals surface area contributed by atoms with Gasteiger partial charge in [-0.25, -0.2) is 0 Å². The molecule has 0 aliphatic carbocycles. The third kappa shape index (κ3) is 2.12. The SMILES string of the molecule is CCc1ccc(C)c(C(C)CC)c1Cl. The van der Waals surface area contributed by atoms with E-state index in [0.29, 0.717) is 5.92 Å². The van der Waals surface area contributed by atoms with Crippen LogP contribution in [0.5, 0.6) is 0 Å². The minimum Gasteiger partial charge on any atom is -0.0837 e. The van der Waals surface area contributed by atoms with Crippen LogP contribution in [0, 0.1) is 6.92 Å². The Labute approximate surface area is 92.3 Å². The van der Waals surface area contributed by atoms with Crippen molar-refractivity contribution in [3.63, 3.8) is 0 Å². The molecule has 1 rings (SSSR count). The van der Waals surface area contributed by atoms with Gasteiger partial charge < -0.3 is 0 Å². The molecule has 0 nitrogen and oxygen atoms in total. The number of hydrogen-bond acceptors (Lipinski definition) is 0. The third-order valence-corrected chi connectivity index (χ3v) is 3.41. The fourth-order valence-corrected chi connectivity index (χ4v) is 2.35. The second kappa shape index (κ2) is 4.84. The van der Waals surface area contributed by atoms with E-state index in [-0.39, 0.29) is 0 Å². The maximum absolute atomic E-state index is 6.39. The zero-order valence-electron chi connectivity index (χ0n) is 9.52. The number of hydrogen-bond donors (Lipinski definition) is 0. The van der Waals surface area contributed by atoms with E-state index in [4.69, 9.17) is 11.6 Å². The molecular weight excluding hydrogens is 192 g/mol. The molecule has 1 unspecified atom stereocenters. The molecule has 0 radical (unpaired) electrons. The molecule has 0 aliphatic rings. The van der Waals surface area contributed by atoms with E-state index in [1.165, 1.54) is 16.7 Å². The van der Waals surface area contributed by atoms with E-state index in [0.717, 1.165) is 17.9 Å². The summed E-state index contributed by atoms with van der Waals surface area (Å²) < 4.78 is 0. The van der Waals surface area contributed by atoms with E-state index >= 15 is 0 Å². The zero-order chi connectivity index (χ0) is 10.7. The first kappa shape index (κ1) is 11.6. The lowest BCUT2D eigenvalue weighted by molar-refractivity contribution is 0.727. The lowest BCUT2D eigenvalue weighted by Gasteiger charge is -2.16. The summed E-state index contributed by atoms with van der Waals surface area (Å²) in [6.07, 6.45) is 2.16. The molecule has 0 saturated carbocycles. The van der Waals surface area contributed by atoms with Gasteiger partial charge in [-0.15, -0.1) is 0 Å². The van der Waals surface area contributed by atoms with Crippen molar-refractivity contribution in [3.05, 3.63) is 33.8 Å². The minimum atomic E-state index is 0.564. The number of halogens is 1. The molecule has 0 aliphatic heterocycles. The molecule has 0 fully saturated rings. The van der Waals surface area contributed by atoms with Crippen LogP contribution in [0.3, 0.4) is 0 Å². The Morgan fingerprint density at radius 1 is 1.29 bits per heavy atom. The first-order valence-corrected chi connectivity index (χ1v) is 5.77. The number of benzene rings is 1.